The third-order valence-electron chi connectivity index (χ3n) is 4.99. The highest BCUT2D eigenvalue weighted by atomic mass is 35.5. The third-order valence-corrected chi connectivity index (χ3v) is 8.12. The maximum Gasteiger partial charge on any atom is 0.264 e. The number of halogens is 2. The summed E-state index contributed by atoms with van der Waals surface area (Å²) < 4.78 is 27.9. The Morgan fingerprint density at radius 1 is 0.935 bits per heavy atom. The van der Waals surface area contributed by atoms with Gasteiger partial charge in [-0.2, -0.15) is 0 Å². The normalized spacial score (nSPS) is 14.5. The predicted octanol–water partition coefficient (Wildman–Crippen LogP) is 4.82. The van der Waals surface area contributed by atoms with E-state index in [9.17, 15) is 13.2 Å². The van der Waals surface area contributed by atoms with Crippen molar-refractivity contribution in [2.24, 2.45) is 0 Å². The van der Waals surface area contributed by atoms with Crippen LogP contribution in [-0.4, -0.2) is 45.4 Å². The van der Waals surface area contributed by atoms with Crippen LogP contribution in [0.5, 0.6) is 0 Å². The Balaban J connectivity index is 1.39. The van der Waals surface area contributed by atoms with E-state index in [1.165, 1.54) is 6.07 Å². The molecule has 2 aromatic carbocycles. The summed E-state index contributed by atoms with van der Waals surface area (Å²) in [5, 5.41) is 0. The molecule has 3 aromatic rings. The molecule has 0 saturated carbocycles. The Labute approximate surface area is 195 Å². The highest BCUT2D eigenvalue weighted by molar-refractivity contribution is 7.93. The van der Waals surface area contributed by atoms with Crippen molar-refractivity contribution in [1.29, 1.82) is 0 Å². The van der Waals surface area contributed by atoms with Crippen LogP contribution in [0.3, 0.4) is 0 Å². The molecule has 1 amide bonds. The number of hydrogen-bond donors (Lipinski definition) is 1. The van der Waals surface area contributed by atoms with Crippen molar-refractivity contribution >= 4 is 61.8 Å². The van der Waals surface area contributed by atoms with Gasteiger partial charge in [-0.25, -0.2) is 8.42 Å². The highest BCUT2D eigenvalue weighted by Crippen LogP contribution is 2.35. The van der Waals surface area contributed by atoms with Crippen LogP contribution in [0.25, 0.3) is 0 Å². The van der Waals surface area contributed by atoms with Crippen molar-refractivity contribution in [2.45, 2.75) is 4.90 Å². The number of benzene rings is 2. The minimum Gasteiger partial charge on any atom is -0.368 e. The Bertz CT molecular complexity index is 1170. The summed E-state index contributed by atoms with van der Waals surface area (Å²) in [6, 6.07) is 17.8. The van der Waals surface area contributed by atoms with E-state index in [1.807, 2.05) is 23.1 Å². The molecule has 31 heavy (non-hydrogen) atoms. The number of para-hydroxylation sites is 1. The largest absolute Gasteiger partial charge is 0.368 e. The topological polar surface area (TPSA) is 69.7 Å². The molecule has 0 bridgehead atoms. The zero-order valence-electron chi connectivity index (χ0n) is 16.3. The molecule has 1 saturated heterocycles. The standard InChI is InChI=1S/C21H19Cl2N3O3S2/c22-19-14-18(20(23)30-19)31(28,29)24-16-8-6-15(7-9-16)21(27)26-12-10-25(11-13-26)17-4-2-1-3-5-17/h1-9,14,24H,10-13H2. The molecule has 0 unspecified atom stereocenters. The first-order valence-electron chi connectivity index (χ1n) is 9.50. The second-order valence-electron chi connectivity index (χ2n) is 6.99. The van der Waals surface area contributed by atoms with Gasteiger partial charge in [0.15, 0.2) is 0 Å². The first-order valence-corrected chi connectivity index (χ1v) is 12.6. The minimum absolute atomic E-state index is 0.0689. The fourth-order valence-corrected chi connectivity index (χ4v) is 6.60. The van der Waals surface area contributed by atoms with E-state index in [-0.39, 0.29) is 15.1 Å². The SMILES string of the molecule is O=C(c1ccc(NS(=O)(=O)c2cc(Cl)sc2Cl)cc1)N1CCN(c2ccccc2)CC1. The molecule has 1 aromatic heterocycles. The maximum absolute atomic E-state index is 12.8. The van der Waals surface area contributed by atoms with Crippen molar-refractivity contribution in [3.05, 3.63) is 74.9 Å². The van der Waals surface area contributed by atoms with Gasteiger partial charge in [0.25, 0.3) is 15.9 Å². The summed E-state index contributed by atoms with van der Waals surface area (Å²) in [6.07, 6.45) is 0. The summed E-state index contributed by atoms with van der Waals surface area (Å²) in [7, 11) is -3.87. The van der Waals surface area contributed by atoms with Crippen LogP contribution in [0.15, 0.2) is 65.6 Å². The average molecular weight is 496 g/mol. The fraction of sp³-hybridized carbons (Fsp3) is 0.190. The van der Waals surface area contributed by atoms with Crippen molar-refractivity contribution in [3.8, 4) is 0 Å². The lowest BCUT2D eigenvalue weighted by Crippen LogP contribution is -2.48. The van der Waals surface area contributed by atoms with Crippen LogP contribution in [-0.2, 0) is 10.0 Å². The summed E-state index contributed by atoms with van der Waals surface area (Å²) >= 11 is 12.8. The molecule has 0 radical (unpaired) electrons. The molecule has 0 aliphatic carbocycles. The molecule has 6 nitrogen and oxygen atoms in total. The molecule has 2 heterocycles. The van der Waals surface area contributed by atoms with E-state index in [4.69, 9.17) is 23.2 Å². The summed E-state index contributed by atoms with van der Waals surface area (Å²) in [6.45, 7) is 2.77. The van der Waals surface area contributed by atoms with Gasteiger partial charge in [0.1, 0.15) is 9.23 Å². The van der Waals surface area contributed by atoms with E-state index < -0.39 is 10.0 Å². The Morgan fingerprint density at radius 2 is 1.58 bits per heavy atom. The molecule has 1 fully saturated rings. The number of piperazine rings is 1. The van der Waals surface area contributed by atoms with Gasteiger partial charge in [-0.05, 0) is 42.5 Å². The second kappa shape index (κ2) is 9.08. The number of nitrogens with one attached hydrogen (secondary N) is 1. The number of sulfonamides is 1. The van der Waals surface area contributed by atoms with Crippen LogP contribution in [0.4, 0.5) is 11.4 Å². The summed E-state index contributed by atoms with van der Waals surface area (Å²) in [5.74, 6) is -0.0743. The van der Waals surface area contributed by atoms with Gasteiger partial charge in [-0.1, -0.05) is 41.4 Å². The van der Waals surface area contributed by atoms with Gasteiger partial charge < -0.3 is 9.80 Å². The fourth-order valence-electron chi connectivity index (χ4n) is 3.39. The lowest BCUT2D eigenvalue weighted by Gasteiger charge is -2.36. The smallest absolute Gasteiger partial charge is 0.264 e. The number of rotatable bonds is 5. The molecular weight excluding hydrogens is 477 g/mol. The van der Waals surface area contributed by atoms with Crippen molar-refractivity contribution in [3.63, 3.8) is 0 Å². The molecule has 162 valence electrons. The molecule has 0 atom stereocenters. The number of carbonyl (C=O) groups is 1. The summed E-state index contributed by atoms with van der Waals surface area (Å²) in [4.78, 5) is 16.8. The number of carbonyl (C=O) groups excluding carboxylic acids is 1. The molecule has 1 aliphatic rings. The number of nitrogens with zero attached hydrogens (tertiary/aromatic N) is 2. The predicted molar refractivity (Wildman–Crippen MR) is 126 cm³/mol. The lowest BCUT2D eigenvalue weighted by atomic mass is 10.1. The molecule has 10 heteroatoms. The van der Waals surface area contributed by atoms with Gasteiger partial charge >= 0.3 is 0 Å². The third kappa shape index (κ3) is 4.98. The number of anilines is 2. The van der Waals surface area contributed by atoms with Crippen LogP contribution in [0.2, 0.25) is 8.67 Å². The zero-order chi connectivity index (χ0) is 22.0. The van der Waals surface area contributed by atoms with Gasteiger partial charge in [0, 0.05) is 43.1 Å². The Hall–Kier alpha value is -2.26. The molecule has 1 N–H and O–H groups in total. The Kier molecular flexibility index (Phi) is 6.43. The van der Waals surface area contributed by atoms with E-state index in [2.05, 4.69) is 21.8 Å². The monoisotopic (exact) mass is 495 g/mol. The molecule has 1 aliphatic heterocycles. The molecule has 4 rings (SSSR count). The molecule has 0 spiro atoms. The Morgan fingerprint density at radius 3 is 2.16 bits per heavy atom. The first-order chi connectivity index (χ1) is 14.8. The minimum atomic E-state index is -3.87. The van der Waals surface area contributed by atoms with Crippen molar-refractivity contribution in [2.75, 3.05) is 35.8 Å². The highest BCUT2D eigenvalue weighted by Gasteiger charge is 2.23. The van der Waals surface area contributed by atoms with E-state index in [0.717, 1.165) is 30.1 Å². The van der Waals surface area contributed by atoms with E-state index in [0.29, 0.717) is 28.7 Å². The van der Waals surface area contributed by atoms with Crippen molar-refractivity contribution in [1.82, 2.24) is 4.90 Å². The lowest BCUT2D eigenvalue weighted by molar-refractivity contribution is 0.0747. The van der Waals surface area contributed by atoms with Gasteiger partial charge in [-0.15, -0.1) is 11.3 Å². The average Bonchev–Trinajstić information content (AvgIpc) is 3.13. The number of amides is 1. The van der Waals surface area contributed by atoms with E-state index >= 15 is 0 Å². The second-order valence-corrected chi connectivity index (χ2v) is 10.9. The van der Waals surface area contributed by atoms with Gasteiger partial charge in [-0.3, -0.25) is 9.52 Å². The molecular formula is C21H19Cl2N3O3S2. The van der Waals surface area contributed by atoms with Crippen molar-refractivity contribution < 1.29 is 13.2 Å². The quantitative estimate of drug-likeness (QED) is 0.550. The zero-order valence-corrected chi connectivity index (χ0v) is 19.4. The first kappa shape index (κ1) is 22.0. The number of thiophene rings is 1. The maximum atomic E-state index is 12.8. The van der Waals surface area contributed by atoms with Gasteiger partial charge in [0.2, 0.25) is 0 Å². The van der Waals surface area contributed by atoms with Crippen LogP contribution in [0, 0.1) is 0 Å². The van der Waals surface area contributed by atoms with Crippen LogP contribution >= 0.6 is 34.5 Å². The number of hydrogen-bond acceptors (Lipinski definition) is 5. The van der Waals surface area contributed by atoms with Gasteiger partial charge in [0.05, 0.1) is 4.34 Å². The van der Waals surface area contributed by atoms with Crippen LogP contribution < -0.4 is 9.62 Å². The van der Waals surface area contributed by atoms with Crippen LogP contribution in [0.1, 0.15) is 10.4 Å². The summed E-state index contributed by atoms with van der Waals surface area (Å²) in [5.41, 5.74) is 2.00. The van der Waals surface area contributed by atoms with E-state index in [1.54, 1.807) is 24.3 Å².